The van der Waals surface area contributed by atoms with Gasteiger partial charge >= 0.3 is 0 Å². The molecule has 0 aromatic heterocycles. The van der Waals surface area contributed by atoms with E-state index in [2.05, 4.69) is 0 Å². The molecule has 7 nitrogen and oxygen atoms in total. The van der Waals surface area contributed by atoms with E-state index in [4.69, 9.17) is 21.1 Å². The molecule has 0 bridgehead atoms. The molecule has 0 saturated carbocycles. The summed E-state index contributed by atoms with van der Waals surface area (Å²) in [7, 11) is -0.885. The van der Waals surface area contributed by atoms with Crippen LogP contribution in [0.1, 0.15) is 0 Å². The molecule has 1 aliphatic heterocycles. The standard InChI is InChI=1S/C18H19ClN2O5S/c1-20(2)18(22)12-21(14-5-3-13(19)4-6-14)27(23,24)15-7-8-16-17(11-15)26-10-9-25-16/h3-8,11H,9-10,12H2,1-2H3. The molecular formula is C18H19ClN2O5S. The molecule has 27 heavy (non-hydrogen) atoms. The Morgan fingerprint density at radius 2 is 1.67 bits per heavy atom. The Balaban J connectivity index is 2.04. The van der Waals surface area contributed by atoms with Crippen LogP contribution in [0.2, 0.25) is 5.02 Å². The number of anilines is 1. The predicted octanol–water partition coefficient (Wildman–Crippen LogP) is 2.39. The molecule has 2 aromatic rings. The first kappa shape index (κ1) is 19.3. The smallest absolute Gasteiger partial charge is 0.264 e. The Bertz CT molecular complexity index is 945. The fourth-order valence-corrected chi connectivity index (χ4v) is 4.05. The Labute approximate surface area is 163 Å². The van der Waals surface area contributed by atoms with Crippen LogP contribution in [0.25, 0.3) is 0 Å². The van der Waals surface area contributed by atoms with Crippen molar-refractivity contribution >= 4 is 33.2 Å². The van der Waals surface area contributed by atoms with Gasteiger partial charge in [-0.3, -0.25) is 9.10 Å². The Hall–Kier alpha value is -2.45. The van der Waals surface area contributed by atoms with Crippen LogP contribution in [0.5, 0.6) is 11.5 Å². The van der Waals surface area contributed by atoms with E-state index in [-0.39, 0.29) is 17.3 Å². The number of rotatable bonds is 5. The van der Waals surface area contributed by atoms with Gasteiger partial charge in [0.1, 0.15) is 19.8 Å². The number of halogens is 1. The highest BCUT2D eigenvalue weighted by Gasteiger charge is 2.29. The van der Waals surface area contributed by atoms with Crippen LogP contribution in [0.3, 0.4) is 0 Å². The van der Waals surface area contributed by atoms with Gasteiger partial charge in [0.25, 0.3) is 10.0 Å². The van der Waals surface area contributed by atoms with Crippen LogP contribution in [0.4, 0.5) is 5.69 Å². The molecule has 0 atom stereocenters. The largest absolute Gasteiger partial charge is 0.486 e. The molecule has 9 heteroatoms. The highest BCUT2D eigenvalue weighted by molar-refractivity contribution is 7.92. The number of sulfonamides is 1. The van der Waals surface area contributed by atoms with Gasteiger partial charge in [0.2, 0.25) is 5.91 Å². The van der Waals surface area contributed by atoms with Crippen molar-refractivity contribution in [2.45, 2.75) is 4.90 Å². The monoisotopic (exact) mass is 410 g/mol. The van der Waals surface area contributed by atoms with Gasteiger partial charge in [0, 0.05) is 25.2 Å². The quantitative estimate of drug-likeness (QED) is 0.756. The van der Waals surface area contributed by atoms with Gasteiger partial charge < -0.3 is 14.4 Å². The average Bonchev–Trinajstić information content (AvgIpc) is 2.66. The van der Waals surface area contributed by atoms with Gasteiger partial charge in [0.15, 0.2) is 11.5 Å². The van der Waals surface area contributed by atoms with Gasteiger partial charge in [-0.15, -0.1) is 0 Å². The molecule has 0 fully saturated rings. The van der Waals surface area contributed by atoms with Crippen molar-refractivity contribution < 1.29 is 22.7 Å². The molecule has 0 saturated heterocycles. The van der Waals surface area contributed by atoms with Crippen molar-refractivity contribution in [3.8, 4) is 11.5 Å². The summed E-state index contributed by atoms with van der Waals surface area (Å²) in [5.41, 5.74) is 0.337. The Morgan fingerprint density at radius 1 is 1.04 bits per heavy atom. The second-order valence-electron chi connectivity index (χ2n) is 6.08. The fraction of sp³-hybridized carbons (Fsp3) is 0.278. The van der Waals surface area contributed by atoms with Crippen molar-refractivity contribution in [1.82, 2.24) is 4.90 Å². The zero-order chi connectivity index (χ0) is 19.6. The van der Waals surface area contributed by atoms with Gasteiger partial charge in [0.05, 0.1) is 10.6 Å². The first-order chi connectivity index (χ1) is 12.8. The lowest BCUT2D eigenvalue weighted by Crippen LogP contribution is -2.40. The summed E-state index contributed by atoms with van der Waals surface area (Å²) in [6.45, 7) is 0.412. The topological polar surface area (TPSA) is 76.2 Å². The maximum absolute atomic E-state index is 13.3. The SMILES string of the molecule is CN(C)C(=O)CN(c1ccc(Cl)cc1)S(=O)(=O)c1ccc2c(c1)OCCO2. The van der Waals surface area contributed by atoms with Crippen molar-refractivity contribution in [1.29, 1.82) is 0 Å². The number of hydrogen-bond donors (Lipinski definition) is 0. The zero-order valence-electron chi connectivity index (χ0n) is 14.9. The zero-order valence-corrected chi connectivity index (χ0v) is 16.5. The Kier molecular flexibility index (Phi) is 5.48. The normalized spacial score (nSPS) is 13.1. The minimum atomic E-state index is -4.02. The summed E-state index contributed by atoms with van der Waals surface area (Å²) in [6, 6.07) is 10.7. The number of nitrogens with zero attached hydrogens (tertiary/aromatic N) is 2. The van der Waals surface area contributed by atoms with E-state index in [1.54, 1.807) is 44.4 Å². The van der Waals surface area contributed by atoms with E-state index in [0.717, 1.165) is 4.31 Å². The second-order valence-corrected chi connectivity index (χ2v) is 8.38. The number of amides is 1. The molecule has 1 aliphatic rings. The molecule has 0 aliphatic carbocycles. The summed E-state index contributed by atoms with van der Waals surface area (Å²) in [5.74, 6) is 0.492. The third-order valence-corrected chi connectivity index (χ3v) is 6.02. The molecule has 1 heterocycles. The second kappa shape index (κ2) is 7.66. The number of carbonyl (C=O) groups excluding carboxylic acids is 1. The lowest BCUT2D eigenvalue weighted by atomic mass is 10.3. The van der Waals surface area contributed by atoms with E-state index in [0.29, 0.717) is 35.4 Å². The number of benzene rings is 2. The lowest BCUT2D eigenvalue weighted by molar-refractivity contribution is -0.127. The molecule has 3 rings (SSSR count). The van der Waals surface area contributed by atoms with E-state index in [1.165, 1.54) is 17.0 Å². The van der Waals surface area contributed by atoms with Crippen LogP contribution in [-0.4, -0.2) is 53.1 Å². The van der Waals surface area contributed by atoms with E-state index < -0.39 is 10.0 Å². The van der Waals surface area contributed by atoms with Crippen LogP contribution >= 0.6 is 11.6 Å². The molecule has 2 aromatic carbocycles. The van der Waals surface area contributed by atoms with E-state index in [1.807, 2.05) is 0 Å². The summed E-state index contributed by atoms with van der Waals surface area (Å²) in [5, 5.41) is 0.467. The third kappa shape index (κ3) is 4.12. The summed E-state index contributed by atoms with van der Waals surface area (Å²) < 4.78 is 38.5. The first-order valence-electron chi connectivity index (χ1n) is 8.17. The Morgan fingerprint density at radius 3 is 2.30 bits per heavy atom. The van der Waals surface area contributed by atoms with Crippen molar-refractivity contribution in [2.75, 3.05) is 38.2 Å². The van der Waals surface area contributed by atoms with Crippen LogP contribution in [0, 0.1) is 0 Å². The summed E-state index contributed by atoms with van der Waals surface area (Å²) in [4.78, 5) is 13.6. The number of ether oxygens (including phenoxy) is 2. The minimum absolute atomic E-state index is 0.00764. The maximum atomic E-state index is 13.3. The molecule has 1 amide bonds. The van der Waals surface area contributed by atoms with E-state index >= 15 is 0 Å². The summed E-state index contributed by atoms with van der Waals surface area (Å²) in [6.07, 6.45) is 0. The number of likely N-dealkylation sites (N-methyl/N-ethyl adjacent to an activating group) is 1. The minimum Gasteiger partial charge on any atom is -0.486 e. The van der Waals surface area contributed by atoms with E-state index in [9.17, 15) is 13.2 Å². The fourth-order valence-electron chi connectivity index (χ4n) is 2.50. The molecule has 0 radical (unpaired) electrons. The molecule has 0 spiro atoms. The lowest BCUT2D eigenvalue weighted by Gasteiger charge is -2.26. The number of carbonyl (C=O) groups is 1. The van der Waals surface area contributed by atoms with Crippen LogP contribution in [-0.2, 0) is 14.8 Å². The maximum Gasteiger partial charge on any atom is 0.264 e. The average molecular weight is 411 g/mol. The van der Waals surface area contributed by atoms with Crippen molar-refractivity contribution in [2.24, 2.45) is 0 Å². The number of fused-ring (bicyclic) bond motifs is 1. The summed E-state index contributed by atoms with van der Waals surface area (Å²) >= 11 is 5.91. The van der Waals surface area contributed by atoms with Gasteiger partial charge in [-0.25, -0.2) is 8.42 Å². The van der Waals surface area contributed by atoms with Crippen molar-refractivity contribution in [3.63, 3.8) is 0 Å². The molecule has 144 valence electrons. The highest BCUT2D eigenvalue weighted by Crippen LogP contribution is 2.34. The molecular weight excluding hydrogens is 392 g/mol. The predicted molar refractivity (Wildman–Crippen MR) is 102 cm³/mol. The molecule has 0 unspecified atom stereocenters. The highest BCUT2D eigenvalue weighted by atomic mass is 35.5. The van der Waals surface area contributed by atoms with Gasteiger partial charge in [-0.2, -0.15) is 0 Å². The van der Waals surface area contributed by atoms with Crippen LogP contribution < -0.4 is 13.8 Å². The first-order valence-corrected chi connectivity index (χ1v) is 9.99. The van der Waals surface area contributed by atoms with Crippen LogP contribution in [0.15, 0.2) is 47.4 Å². The number of hydrogen-bond acceptors (Lipinski definition) is 5. The van der Waals surface area contributed by atoms with Crippen molar-refractivity contribution in [3.05, 3.63) is 47.5 Å². The van der Waals surface area contributed by atoms with Gasteiger partial charge in [-0.05, 0) is 36.4 Å². The third-order valence-electron chi connectivity index (χ3n) is 3.99. The van der Waals surface area contributed by atoms with Gasteiger partial charge in [-0.1, -0.05) is 11.6 Å². The molecule has 0 N–H and O–H groups in total.